The molecule has 2 unspecified atom stereocenters. The van der Waals surface area contributed by atoms with Crippen molar-refractivity contribution >= 4 is 19.8 Å². The minimum atomic E-state index is -4.40. The van der Waals surface area contributed by atoms with Crippen molar-refractivity contribution in [3.05, 3.63) is 109 Å². The Morgan fingerprint density at radius 3 is 0.988 bits per heavy atom. The summed E-state index contributed by atoms with van der Waals surface area (Å²) in [6, 6.07) is 0. The second-order valence-electron chi connectivity index (χ2n) is 24.9. The Balaban J connectivity index is 4.06. The number of rotatable bonds is 65. The number of hydrogen-bond donors (Lipinski definition) is 1. The van der Waals surface area contributed by atoms with Gasteiger partial charge >= 0.3 is 19.8 Å². The van der Waals surface area contributed by atoms with Gasteiger partial charge in [-0.3, -0.25) is 18.6 Å². The van der Waals surface area contributed by atoms with Gasteiger partial charge in [0.1, 0.15) is 19.8 Å². The third kappa shape index (κ3) is 69.8. The lowest BCUT2D eigenvalue weighted by atomic mass is 10.0. The quantitative estimate of drug-likeness (QED) is 0.0211. The summed E-state index contributed by atoms with van der Waals surface area (Å²) < 4.78 is 34.7. The summed E-state index contributed by atoms with van der Waals surface area (Å²) in [6.45, 7) is 4.33. The largest absolute Gasteiger partial charge is 0.472 e. The van der Waals surface area contributed by atoms with Gasteiger partial charge in [0.15, 0.2) is 6.10 Å². The predicted octanol–water partition coefficient (Wildman–Crippen LogP) is 23.3. The summed E-state index contributed by atoms with van der Waals surface area (Å²) in [5.74, 6) is -0.794. The highest BCUT2D eigenvalue weighted by molar-refractivity contribution is 7.47. The lowest BCUT2D eigenvalue weighted by Crippen LogP contribution is -2.37. The average molecular weight is 1220 g/mol. The molecule has 0 aliphatic carbocycles. The number of carbonyl (C=O) groups is 2. The minimum absolute atomic E-state index is 0.0279. The summed E-state index contributed by atoms with van der Waals surface area (Å²) in [6.07, 6.45) is 93.3. The van der Waals surface area contributed by atoms with Crippen LogP contribution in [0.1, 0.15) is 309 Å². The molecule has 2 atom stereocenters. The van der Waals surface area contributed by atoms with Crippen LogP contribution in [-0.2, 0) is 32.7 Å². The highest BCUT2D eigenvalue weighted by Crippen LogP contribution is 2.43. The molecular weight excluding hydrogens is 1090 g/mol. The first-order valence-corrected chi connectivity index (χ1v) is 37.1. The SMILES string of the molecule is CC/C=C\C/C=C\C/C=C\C/C=C\C/C=C\C/C=C\CCCCCCCCCCCCCCC(=O)OC(COC(=O)CCCCCCCCCCCCCCCCCC/C=C\C/C=C\C/C=C\CCCCCCC)COP(=O)(O)OCC[N+](C)(C)C. The molecule has 0 aliphatic heterocycles. The number of unbranched alkanes of at least 4 members (excludes halogenated alkanes) is 33. The van der Waals surface area contributed by atoms with Gasteiger partial charge in [0.2, 0.25) is 0 Å². The van der Waals surface area contributed by atoms with Crippen LogP contribution in [0, 0.1) is 0 Å². The van der Waals surface area contributed by atoms with Crippen LogP contribution in [0.5, 0.6) is 0 Å². The Morgan fingerprint density at radius 2 is 0.663 bits per heavy atom. The zero-order valence-electron chi connectivity index (χ0n) is 56.5. The highest BCUT2D eigenvalue weighted by atomic mass is 31.2. The maximum atomic E-state index is 12.9. The molecule has 0 aliphatic rings. The molecule has 1 N–H and O–H groups in total. The number of likely N-dealkylation sites (N-methyl/N-ethyl adjacent to an activating group) is 1. The van der Waals surface area contributed by atoms with E-state index in [0.29, 0.717) is 17.4 Å². The number of carbonyl (C=O) groups excluding carboxylic acids is 2. The zero-order valence-corrected chi connectivity index (χ0v) is 57.4. The first-order valence-electron chi connectivity index (χ1n) is 35.6. The molecule has 0 aromatic heterocycles. The normalized spacial score (nSPS) is 13.8. The van der Waals surface area contributed by atoms with Crippen molar-refractivity contribution in [1.29, 1.82) is 0 Å². The Morgan fingerprint density at radius 1 is 0.372 bits per heavy atom. The van der Waals surface area contributed by atoms with Crippen LogP contribution in [0.3, 0.4) is 0 Å². The van der Waals surface area contributed by atoms with Gasteiger partial charge in [0.05, 0.1) is 27.7 Å². The fourth-order valence-electron chi connectivity index (χ4n) is 9.85. The Kier molecular flexibility index (Phi) is 63.5. The Labute approximate surface area is 531 Å². The van der Waals surface area contributed by atoms with Crippen molar-refractivity contribution in [1.82, 2.24) is 0 Å². The van der Waals surface area contributed by atoms with Gasteiger partial charge in [-0.2, -0.15) is 0 Å². The molecule has 0 aromatic carbocycles. The third-order valence-corrected chi connectivity index (χ3v) is 16.3. The second kappa shape index (κ2) is 66.1. The van der Waals surface area contributed by atoms with Gasteiger partial charge in [-0.1, -0.05) is 303 Å². The van der Waals surface area contributed by atoms with E-state index in [9.17, 15) is 19.0 Å². The lowest BCUT2D eigenvalue weighted by molar-refractivity contribution is -0.870. The molecule has 0 saturated carbocycles. The summed E-state index contributed by atoms with van der Waals surface area (Å²) in [5.41, 5.74) is 0. The monoisotopic (exact) mass is 1220 g/mol. The van der Waals surface area contributed by atoms with E-state index >= 15 is 0 Å². The van der Waals surface area contributed by atoms with Gasteiger partial charge in [0.25, 0.3) is 0 Å². The molecule has 0 aromatic rings. The van der Waals surface area contributed by atoms with Crippen LogP contribution in [0.25, 0.3) is 0 Å². The first kappa shape index (κ1) is 82.7. The molecule has 0 saturated heterocycles. The molecule has 9 nitrogen and oxygen atoms in total. The molecular formula is C76H135NO8P+. The van der Waals surface area contributed by atoms with Crippen LogP contribution >= 0.6 is 7.82 Å². The molecule has 0 amide bonds. The van der Waals surface area contributed by atoms with Crippen molar-refractivity contribution in [2.45, 2.75) is 315 Å². The maximum Gasteiger partial charge on any atom is 0.472 e. The first-order chi connectivity index (χ1) is 42.0. The summed E-state index contributed by atoms with van der Waals surface area (Å²) >= 11 is 0. The number of ether oxygens (including phenoxy) is 2. The topological polar surface area (TPSA) is 108 Å². The van der Waals surface area contributed by atoms with E-state index in [1.54, 1.807) is 0 Å². The number of nitrogens with zero attached hydrogens (tertiary/aromatic N) is 1. The van der Waals surface area contributed by atoms with Crippen LogP contribution < -0.4 is 0 Å². The van der Waals surface area contributed by atoms with Crippen LogP contribution in [0.15, 0.2) is 109 Å². The molecule has 0 bridgehead atoms. The highest BCUT2D eigenvalue weighted by Gasteiger charge is 2.27. The lowest BCUT2D eigenvalue weighted by Gasteiger charge is -2.24. The van der Waals surface area contributed by atoms with Crippen molar-refractivity contribution in [2.24, 2.45) is 0 Å². The van der Waals surface area contributed by atoms with Gasteiger partial charge < -0.3 is 18.9 Å². The summed E-state index contributed by atoms with van der Waals surface area (Å²) in [4.78, 5) is 35.9. The standard InChI is InChI=1S/C76H134NO8P/c1-6-8-10-12-14-16-18-20-22-24-26-28-30-32-34-36-38-40-42-44-46-48-50-52-54-56-58-60-62-64-66-68-75(78)82-72-74(73-84-86(80,81)83-71-70-77(3,4)5)85-76(79)69-67-65-63-61-59-57-55-53-51-49-47-45-43-41-39-37-35-33-31-29-27-25-23-21-19-17-15-13-11-9-7-2/h9,11,15,17-18,20-21,23-24,26-27,29-30,32-33,35,39,41,74H,6-8,10,12-14,16,19,22,25,28,31,34,36-38,40,42-73H2,1-5H3/p+1/b11-9-,17-15-,20-18-,23-21-,26-24-,29-27-,32-30-,35-33-,41-39-. The van der Waals surface area contributed by atoms with E-state index < -0.39 is 26.5 Å². The van der Waals surface area contributed by atoms with Crippen molar-refractivity contribution in [3.63, 3.8) is 0 Å². The number of phosphoric acid groups is 1. The number of quaternary nitrogens is 1. The van der Waals surface area contributed by atoms with E-state index in [4.69, 9.17) is 18.5 Å². The van der Waals surface area contributed by atoms with Crippen molar-refractivity contribution in [3.8, 4) is 0 Å². The summed E-state index contributed by atoms with van der Waals surface area (Å²) in [5, 5.41) is 0. The van der Waals surface area contributed by atoms with Crippen LogP contribution in [0.4, 0.5) is 0 Å². The Bertz CT molecular complexity index is 1820. The molecule has 0 fully saturated rings. The molecule has 0 radical (unpaired) electrons. The maximum absolute atomic E-state index is 12.9. The number of hydrogen-bond acceptors (Lipinski definition) is 7. The minimum Gasteiger partial charge on any atom is -0.462 e. The van der Waals surface area contributed by atoms with Crippen LogP contribution in [-0.4, -0.2) is 74.9 Å². The summed E-state index contributed by atoms with van der Waals surface area (Å²) in [7, 11) is 1.47. The zero-order chi connectivity index (χ0) is 62.6. The van der Waals surface area contributed by atoms with E-state index in [-0.39, 0.29) is 32.0 Å². The predicted molar refractivity (Wildman–Crippen MR) is 371 cm³/mol. The van der Waals surface area contributed by atoms with E-state index in [0.717, 1.165) is 89.9 Å². The van der Waals surface area contributed by atoms with Gasteiger partial charge in [-0.15, -0.1) is 0 Å². The average Bonchev–Trinajstić information content (AvgIpc) is 3.56. The van der Waals surface area contributed by atoms with Gasteiger partial charge in [-0.25, -0.2) is 4.57 Å². The molecule has 86 heavy (non-hydrogen) atoms. The fourth-order valence-corrected chi connectivity index (χ4v) is 10.6. The molecule has 0 spiro atoms. The molecule has 496 valence electrons. The smallest absolute Gasteiger partial charge is 0.462 e. The number of allylic oxidation sites excluding steroid dienone is 18. The second-order valence-corrected chi connectivity index (χ2v) is 26.3. The molecule has 0 rings (SSSR count). The third-order valence-electron chi connectivity index (χ3n) is 15.3. The van der Waals surface area contributed by atoms with Gasteiger partial charge in [0, 0.05) is 12.8 Å². The molecule has 10 heteroatoms. The van der Waals surface area contributed by atoms with Crippen molar-refractivity contribution < 1.29 is 42.1 Å². The number of esters is 2. The van der Waals surface area contributed by atoms with E-state index in [1.165, 1.54) is 186 Å². The Hall–Kier alpha value is -3.33. The van der Waals surface area contributed by atoms with Gasteiger partial charge in [-0.05, 0) is 103 Å². The number of phosphoric ester groups is 1. The van der Waals surface area contributed by atoms with Crippen LogP contribution in [0.2, 0.25) is 0 Å². The fraction of sp³-hybridized carbons (Fsp3) is 0.737. The van der Waals surface area contributed by atoms with Crippen molar-refractivity contribution in [2.75, 3.05) is 47.5 Å². The van der Waals surface area contributed by atoms with E-state index in [2.05, 4.69) is 123 Å². The molecule has 0 heterocycles. The van der Waals surface area contributed by atoms with E-state index in [1.807, 2.05) is 21.1 Å².